The van der Waals surface area contributed by atoms with Crippen molar-refractivity contribution in [1.82, 2.24) is 15.3 Å². The quantitative estimate of drug-likeness (QED) is 0.587. The lowest BCUT2D eigenvalue weighted by atomic mass is 10.1. The molecule has 2 rings (SSSR count). The lowest BCUT2D eigenvalue weighted by Crippen LogP contribution is -2.31. The van der Waals surface area contributed by atoms with Crippen LogP contribution in [0.2, 0.25) is 0 Å². The zero-order valence-corrected chi connectivity index (χ0v) is 9.00. The van der Waals surface area contributed by atoms with Crippen LogP contribution in [0.5, 0.6) is 0 Å². The minimum Gasteiger partial charge on any atom is -0.369 e. The highest BCUT2D eigenvalue weighted by Gasteiger charge is 2.13. The summed E-state index contributed by atoms with van der Waals surface area (Å²) in [5.41, 5.74) is 6.84. The Labute approximate surface area is 93.3 Å². The van der Waals surface area contributed by atoms with Crippen LogP contribution in [-0.4, -0.2) is 16.5 Å². The molecule has 80 valence electrons. The number of nitrogens with two attached hydrogens (primary N) is 1. The summed E-state index contributed by atoms with van der Waals surface area (Å²) in [7, 11) is 0. The summed E-state index contributed by atoms with van der Waals surface area (Å²) in [6.07, 6.45) is 0.734. The first-order valence-corrected chi connectivity index (χ1v) is 3.85. The van der Waals surface area contributed by atoms with Gasteiger partial charge in [-0.1, -0.05) is 0 Å². The van der Waals surface area contributed by atoms with Gasteiger partial charge >= 0.3 is 0 Å². The third-order valence-corrected chi connectivity index (χ3v) is 1.96. The van der Waals surface area contributed by atoms with E-state index in [-0.39, 0.29) is 36.3 Å². The Hall–Kier alpha value is -0.780. The molecule has 0 radical (unpaired) electrons. The van der Waals surface area contributed by atoms with Crippen molar-refractivity contribution in [2.24, 2.45) is 0 Å². The summed E-state index contributed by atoms with van der Waals surface area (Å²) in [6.45, 7) is 1.48. The minimum absolute atomic E-state index is 0. The van der Waals surface area contributed by atoms with E-state index in [0.717, 1.165) is 24.2 Å². The number of nitrogen functional groups attached to an aromatic ring is 1. The summed E-state index contributed by atoms with van der Waals surface area (Å²) >= 11 is 0. The van der Waals surface area contributed by atoms with Crippen LogP contribution in [0.4, 0.5) is 5.95 Å². The summed E-state index contributed by atoms with van der Waals surface area (Å²) in [5.74, 6) is 0.197. The fourth-order valence-corrected chi connectivity index (χ4v) is 1.39. The van der Waals surface area contributed by atoms with Crippen molar-refractivity contribution in [3.63, 3.8) is 0 Å². The van der Waals surface area contributed by atoms with E-state index in [9.17, 15) is 4.79 Å². The topological polar surface area (TPSA) is 83.8 Å². The first-order chi connectivity index (χ1) is 5.77. The molecule has 0 bridgehead atoms. The van der Waals surface area contributed by atoms with E-state index in [1.54, 1.807) is 0 Å². The molecule has 1 aliphatic heterocycles. The molecule has 0 spiro atoms. The fourth-order valence-electron chi connectivity index (χ4n) is 1.39. The third-order valence-electron chi connectivity index (χ3n) is 1.96. The lowest BCUT2D eigenvalue weighted by molar-refractivity contribution is 0.620. The van der Waals surface area contributed by atoms with Gasteiger partial charge < -0.3 is 11.1 Å². The smallest absolute Gasteiger partial charge is 0.255 e. The van der Waals surface area contributed by atoms with Crippen LogP contribution in [0.3, 0.4) is 0 Å². The Morgan fingerprint density at radius 1 is 1.36 bits per heavy atom. The number of H-pyrrole nitrogens is 1. The maximum absolute atomic E-state index is 11.3. The van der Waals surface area contributed by atoms with E-state index in [0.29, 0.717) is 6.54 Å². The monoisotopic (exact) mass is 238 g/mol. The SMILES string of the molecule is Cl.Cl.Nc1nc2c(c(=O)[nH]1)CCNC2. The van der Waals surface area contributed by atoms with Crippen LogP contribution in [0.25, 0.3) is 0 Å². The Kier molecular flexibility index (Phi) is 4.90. The number of nitrogens with zero attached hydrogens (tertiary/aromatic N) is 1. The molecule has 0 atom stereocenters. The van der Waals surface area contributed by atoms with Gasteiger partial charge in [-0.2, -0.15) is 0 Å². The number of hydrogen-bond acceptors (Lipinski definition) is 4. The zero-order chi connectivity index (χ0) is 8.55. The normalized spacial score (nSPS) is 13.4. The number of aromatic amines is 1. The van der Waals surface area contributed by atoms with Gasteiger partial charge in [-0.3, -0.25) is 9.78 Å². The average molecular weight is 239 g/mol. The first kappa shape index (κ1) is 13.2. The largest absolute Gasteiger partial charge is 0.369 e. The molecule has 0 amide bonds. The van der Waals surface area contributed by atoms with Crippen molar-refractivity contribution in [3.8, 4) is 0 Å². The van der Waals surface area contributed by atoms with E-state index in [4.69, 9.17) is 5.73 Å². The number of anilines is 1. The molecule has 7 heteroatoms. The van der Waals surface area contributed by atoms with Gasteiger partial charge in [0.1, 0.15) is 0 Å². The second kappa shape index (κ2) is 5.19. The van der Waals surface area contributed by atoms with E-state index in [1.807, 2.05) is 0 Å². The average Bonchev–Trinajstić information content (AvgIpc) is 2.04. The molecular weight excluding hydrogens is 227 g/mol. The van der Waals surface area contributed by atoms with Crippen molar-refractivity contribution in [3.05, 3.63) is 21.6 Å². The van der Waals surface area contributed by atoms with Crippen LogP contribution in [0.15, 0.2) is 4.79 Å². The third kappa shape index (κ3) is 2.37. The molecule has 5 nitrogen and oxygen atoms in total. The highest BCUT2D eigenvalue weighted by atomic mass is 35.5. The molecule has 0 saturated carbocycles. The van der Waals surface area contributed by atoms with Gasteiger partial charge in [0.25, 0.3) is 5.56 Å². The van der Waals surface area contributed by atoms with Gasteiger partial charge in [0.15, 0.2) is 0 Å². The maximum Gasteiger partial charge on any atom is 0.255 e. The molecule has 0 aromatic carbocycles. The lowest BCUT2D eigenvalue weighted by Gasteiger charge is -2.14. The van der Waals surface area contributed by atoms with Crippen LogP contribution in [0.1, 0.15) is 11.3 Å². The second-order valence-electron chi connectivity index (χ2n) is 2.80. The zero-order valence-electron chi connectivity index (χ0n) is 7.37. The molecule has 1 aromatic heterocycles. The highest BCUT2D eigenvalue weighted by Crippen LogP contribution is 2.05. The number of fused-ring (bicyclic) bond motifs is 1. The fraction of sp³-hybridized carbons (Fsp3) is 0.429. The number of nitrogens with one attached hydrogen (secondary N) is 2. The molecule has 4 N–H and O–H groups in total. The van der Waals surface area contributed by atoms with Gasteiger partial charge in [-0.25, -0.2) is 4.98 Å². The van der Waals surface area contributed by atoms with E-state index >= 15 is 0 Å². The Morgan fingerprint density at radius 3 is 2.79 bits per heavy atom. The first-order valence-electron chi connectivity index (χ1n) is 3.85. The molecule has 0 saturated heterocycles. The molecular formula is C7H12Cl2N4O. The van der Waals surface area contributed by atoms with Crippen LogP contribution in [-0.2, 0) is 13.0 Å². The van der Waals surface area contributed by atoms with Crippen molar-refractivity contribution in [1.29, 1.82) is 0 Å². The predicted octanol–water partition coefficient (Wildman–Crippen LogP) is -0.159. The highest BCUT2D eigenvalue weighted by molar-refractivity contribution is 5.85. The summed E-state index contributed by atoms with van der Waals surface area (Å²) < 4.78 is 0. The van der Waals surface area contributed by atoms with E-state index < -0.39 is 0 Å². The molecule has 14 heavy (non-hydrogen) atoms. The van der Waals surface area contributed by atoms with Crippen molar-refractivity contribution in [2.75, 3.05) is 12.3 Å². The molecule has 1 aliphatic rings. The number of hydrogen-bond donors (Lipinski definition) is 3. The van der Waals surface area contributed by atoms with Gasteiger partial charge in [0, 0.05) is 12.1 Å². The minimum atomic E-state index is -0.0981. The summed E-state index contributed by atoms with van der Waals surface area (Å²) in [6, 6.07) is 0. The number of halogens is 2. The maximum atomic E-state index is 11.3. The Bertz CT molecular complexity index is 365. The van der Waals surface area contributed by atoms with Gasteiger partial charge in [-0.15, -0.1) is 24.8 Å². The Balaban J connectivity index is 0.000000845. The standard InChI is InChI=1S/C7H10N4O.2ClH/c8-7-10-5-3-9-2-1-4(5)6(12)11-7;;/h9H,1-3H2,(H3,8,10,11,12);2*1H. The Morgan fingerprint density at radius 2 is 2.07 bits per heavy atom. The molecule has 0 unspecified atom stereocenters. The molecule has 0 aliphatic carbocycles. The van der Waals surface area contributed by atoms with E-state index in [2.05, 4.69) is 15.3 Å². The van der Waals surface area contributed by atoms with Crippen molar-refractivity contribution in [2.45, 2.75) is 13.0 Å². The predicted molar refractivity (Wildman–Crippen MR) is 59.2 cm³/mol. The second-order valence-corrected chi connectivity index (χ2v) is 2.80. The van der Waals surface area contributed by atoms with Gasteiger partial charge in [0.05, 0.1) is 5.69 Å². The summed E-state index contributed by atoms with van der Waals surface area (Å²) in [5, 5.41) is 3.12. The van der Waals surface area contributed by atoms with E-state index in [1.165, 1.54) is 0 Å². The van der Waals surface area contributed by atoms with Crippen molar-refractivity contribution >= 4 is 30.8 Å². The van der Waals surface area contributed by atoms with Crippen LogP contribution in [0, 0.1) is 0 Å². The number of rotatable bonds is 0. The molecule has 0 fully saturated rings. The van der Waals surface area contributed by atoms with Crippen LogP contribution >= 0.6 is 24.8 Å². The number of aromatic nitrogens is 2. The van der Waals surface area contributed by atoms with Crippen LogP contribution < -0.4 is 16.6 Å². The van der Waals surface area contributed by atoms with Gasteiger partial charge in [0.2, 0.25) is 5.95 Å². The summed E-state index contributed by atoms with van der Waals surface area (Å²) in [4.78, 5) is 17.8. The van der Waals surface area contributed by atoms with Gasteiger partial charge in [-0.05, 0) is 13.0 Å². The van der Waals surface area contributed by atoms with Crippen molar-refractivity contribution < 1.29 is 0 Å². The molecule has 2 heterocycles. The molecule has 1 aromatic rings.